The molecule has 2 aromatic rings. The van der Waals surface area contributed by atoms with Gasteiger partial charge in [-0.05, 0) is 44.1 Å². The highest BCUT2D eigenvalue weighted by atomic mass is 35.5. The standard InChI is InChI=1S/C16H21ClN2S/c1-12-5-3-6-13-15(12)18-14(7-9-17)19(13)11-16(2)8-4-10-20-16/h3,5-6H,4,7-11H2,1-2H3. The molecule has 0 radical (unpaired) electrons. The number of aromatic nitrogens is 2. The van der Waals surface area contributed by atoms with Crippen molar-refractivity contribution >= 4 is 34.4 Å². The third-order valence-corrected chi connectivity index (χ3v) is 5.88. The third-order valence-electron chi connectivity index (χ3n) is 4.17. The van der Waals surface area contributed by atoms with Crippen LogP contribution in [0.2, 0.25) is 0 Å². The number of benzene rings is 1. The number of halogens is 1. The summed E-state index contributed by atoms with van der Waals surface area (Å²) in [5, 5.41) is 0. The molecule has 0 amide bonds. The molecule has 3 rings (SSSR count). The van der Waals surface area contributed by atoms with Crippen LogP contribution in [0.1, 0.15) is 31.2 Å². The van der Waals surface area contributed by atoms with Gasteiger partial charge >= 0.3 is 0 Å². The molecule has 1 saturated heterocycles. The molecule has 0 N–H and O–H groups in total. The zero-order chi connectivity index (χ0) is 14.2. The fourth-order valence-electron chi connectivity index (χ4n) is 3.08. The SMILES string of the molecule is Cc1cccc2c1nc(CCCl)n2CC1(C)CCCS1. The quantitative estimate of drug-likeness (QED) is 0.779. The molecule has 0 spiro atoms. The first-order chi connectivity index (χ1) is 9.63. The molecule has 4 heteroatoms. The van der Waals surface area contributed by atoms with Crippen LogP contribution in [0.3, 0.4) is 0 Å². The summed E-state index contributed by atoms with van der Waals surface area (Å²) in [4.78, 5) is 4.84. The average Bonchev–Trinajstić information content (AvgIpc) is 2.98. The number of alkyl halides is 1. The van der Waals surface area contributed by atoms with Crippen LogP contribution in [0.25, 0.3) is 11.0 Å². The first-order valence-electron chi connectivity index (χ1n) is 7.28. The van der Waals surface area contributed by atoms with E-state index in [2.05, 4.69) is 48.4 Å². The third kappa shape index (κ3) is 2.58. The summed E-state index contributed by atoms with van der Waals surface area (Å²) in [6.45, 7) is 5.57. The Morgan fingerprint density at radius 3 is 3.00 bits per heavy atom. The number of para-hydroxylation sites is 1. The first-order valence-corrected chi connectivity index (χ1v) is 8.80. The summed E-state index contributed by atoms with van der Waals surface area (Å²) >= 11 is 8.07. The maximum absolute atomic E-state index is 5.97. The largest absolute Gasteiger partial charge is 0.327 e. The van der Waals surface area contributed by atoms with E-state index >= 15 is 0 Å². The highest BCUT2D eigenvalue weighted by Crippen LogP contribution is 2.40. The lowest BCUT2D eigenvalue weighted by Crippen LogP contribution is -2.25. The number of aryl methyl sites for hydroxylation is 2. The van der Waals surface area contributed by atoms with Crippen molar-refractivity contribution in [3.8, 4) is 0 Å². The normalized spacial score (nSPS) is 22.8. The van der Waals surface area contributed by atoms with Crippen molar-refractivity contribution in [1.82, 2.24) is 9.55 Å². The van der Waals surface area contributed by atoms with Crippen LogP contribution >= 0.6 is 23.4 Å². The second-order valence-corrected chi connectivity index (χ2v) is 7.96. The van der Waals surface area contributed by atoms with Crippen molar-refractivity contribution < 1.29 is 0 Å². The Bertz CT molecular complexity index is 614. The lowest BCUT2D eigenvalue weighted by atomic mass is 10.1. The fraction of sp³-hybridized carbons (Fsp3) is 0.562. The molecule has 1 unspecified atom stereocenters. The van der Waals surface area contributed by atoms with Gasteiger partial charge in [0.1, 0.15) is 5.82 Å². The zero-order valence-corrected chi connectivity index (χ0v) is 13.7. The van der Waals surface area contributed by atoms with Gasteiger partial charge in [0, 0.05) is 23.6 Å². The second-order valence-electron chi connectivity index (χ2n) is 5.90. The number of nitrogens with zero attached hydrogens (tertiary/aromatic N) is 2. The summed E-state index contributed by atoms with van der Waals surface area (Å²) in [6, 6.07) is 6.46. The Kier molecular flexibility index (Phi) is 4.00. The summed E-state index contributed by atoms with van der Waals surface area (Å²) in [6.07, 6.45) is 3.47. The van der Waals surface area contributed by atoms with Crippen LogP contribution in [0, 0.1) is 6.92 Å². The van der Waals surface area contributed by atoms with Gasteiger partial charge < -0.3 is 4.57 Å². The molecule has 1 aliphatic heterocycles. The van der Waals surface area contributed by atoms with Gasteiger partial charge in [-0.25, -0.2) is 4.98 Å². The Morgan fingerprint density at radius 1 is 1.45 bits per heavy atom. The van der Waals surface area contributed by atoms with Crippen LogP contribution in [-0.2, 0) is 13.0 Å². The molecule has 1 atom stereocenters. The molecule has 108 valence electrons. The summed E-state index contributed by atoms with van der Waals surface area (Å²) in [7, 11) is 0. The van der Waals surface area contributed by atoms with Crippen LogP contribution < -0.4 is 0 Å². The maximum Gasteiger partial charge on any atom is 0.111 e. The molecule has 1 fully saturated rings. The van der Waals surface area contributed by atoms with Crippen LogP contribution in [0.4, 0.5) is 0 Å². The lowest BCUT2D eigenvalue weighted by molar-refractivity contribution is 0.507. The molecular weight excluding hydrogens is 288 g/mol. The molecule has 20 heavy (non-hydrogen) atoms. The fourth-order valence-corrected chi connectivity index (χ4v) is 4.54. The molecular formula is C16H21ClN2S. The minimum absolute atomic E-state index is 0.346. The van der Waals surface area contributed by atoms with Gasteiger partial charge in [0.25, 0.3) is 0 Å². The minimum Gasteiger partial charge on any atom is -0.327 e. The predicted octanol–water partition coefficient (Wildman–Crippen LogP) is 4.41. The second kappa shape index (κ2) is 5.61. The molecule has 1 aromatic carbocycles. The Morgan fingerprint density at radius 2 is 2.30 bits per heavy atom. The molecule has 2 nitrogen and oxygen atoms in total. The van der Waals surface area contributed by atoms with Crippen molar-refractivity contribution in [2.45, 2.75) is 44.4 Å². The summed E-state index contributed by atoms with van der Waals surface area (Å²) in [5.74, 6) is 3.05. The van der Waals surface area contributed by atoms with Gasteiger partial charge in [0.2, 0.25) is 0 Å². The summed E-state index contributed by atoms with van der Waals surface area (Å²) < 4.78 is 2.75. The van der Waals surface area contributed by atoms with E-state index in [4.69, 9.17) is 16.6 Å². The summed E-state index contributed by atoms with van der Waals surface area (Å²) in [5.41, 5.74) is 3.65. The monoisotopic (exact) mass is 308 g/mol. The van der Waals surface area contributed by atoms with E-state index in [9.17, 15) is 0 Å². The molecule has 1 aliphatic rings. The van der Waals surface area contributed by atoms with Crippen molar-refractivity contribution in [3.05, 3.63) is 29.6 Å². The van der Waals surface area contributed by atoms with Gasteiger partial charge in [-0.2, -0.15) is 11.8 Å². The van der Waals surface area contributed by atoms with Crippen LogP contribution in [0.15, 0.2) is 18.2 Å². The smallest absolute Gasteiger partial charge is 0.111 e. The van der Waals surface area contributed by atoms with Gasteiger partial charge in [-0.15, -0.1) is 11.6 Å². The number of thioether (sulfide) groups is 1. The molecule has 0 bridgehead atoms. The van der Waals surface area contributed by atoms with Crippen LogP contribution in [-0.4, -0.2) is 25.9 Å². The van der Waals surface area contributed by atoms with Crippen LogP contribution in [0.5, 0.6) is 0 Å². The first kappa shape index (κ1) is 14.3. The Balaban J connectivity index is 2.06. The van der Waals surface area contributed by atoms with Gasteiger partial charge in [0.15, 0.2) is 0 Å². The number of fused-ring (bicyclic) bond motifs is 1. The van der Waals surface area contributed by atoms with Crippen molar-refractivity contribution in [2.75, 3.05) is 11.6 Å². The van der Waals surface area contributed by atoms with Crippen molar-refractivity contribution in [3.63, 3.8) is 0 Å². The van der Waals surface area contributed by atoms with Gasteiger partial charge in [-0.3, -0.25) is 0 Å². The number of hydrogen-bond donors (Lipinski definition) is 0. The zero-order valence-electron chi connectivity index (χ0n) is 12.2. The van der Waals surface area contributed by atoms with E-state index < -0.39 is 0 Å². The molecule has 2 heterocycles. The van der Waals surface area contributed by atoms with E-state index in [1.807, 2.05) is 0 Å². The van der Waals surface area contributed by atoms with Gasteiger partial charge in [0.05, 0.1) is 11.0 Å². The van der Waals surface area contributed by atoms with E-state index in [1.165, 1.54) is 29.7 Å². The minimum atomic E-state index is 0.346. The number of imidazole rings is 1. The maximum atomic E-state index is 5.97. The number of hydrogen-bond acceptors (Lipinski definition) is 2. The topological polar surface area (TPSA) is 17.8 Å². The molecule has 1 aromatic heterocycles. The highest BCUT2D eigenvalue weighted by Gasteiger charge is 2.31. The van der Waals surface area contributed by atoms with E-state index in [0.717, 1.165) is 24.3 Å². The van der Waals surface area contributed by atoms with Crippen molar-refractivity contribution in [1.29, 1.82) is 0 Å². The van der Waals surface area contributed by atoms with E-state index in [0.29, 0.717) is 10.6 Å². The average molecular weight is 309 g/mol. The van der Waals surface area contributed by atoms with Crippen molar-refractivity contribution in [2.24, 2.45) is 0 Å². The van der Waals surface area contributed by atoms with E-state index in [1.54, 1.807) is 0 Å². The molecule has 0 saturated carbocycles. The number of rotatable bonds is 4. The Labute approximate surface area is 129 Å². The van der Waals surface area contributed by atoms with E-state index in [-0.39, 0.29) is 0 Å². The van der Waals surface area contributed by atoms with Gasteiger partial charge in [-0.1, -0.05) is 12.1 Å². The molecule has 0 aliphatic carbocycles. The predicted molar refractivity (Wildman–Crippen MR) is 89.0 cm³/mol. The highest BCUT2D eigenvalue weighted by molar-refractivity contribution is 8.00. The Hall–Kier alpha value is -0.670. The lowest BCUT2D eigenvalue weighted by Gasteiger charge is -2.24.